The zero-order chi connectivity index (χ0) is 12.8. The number of benzene rings is 1. The molecule has 0 saturated carbocycles. The standard InChI is InChI=1S/C12H18ClN3S/c1-16(5-6-17-2)8-10-4-3-9(12(14)15)7-11(10)13/h3-4,7H,5-6,8H2,1-2H3,(H3,14,15). The van der Waals surface area contributed by atoms with Crippen molar-refractivity contribution in [2.45, 2.75) is 6.54 Å². The Balaban J connectivity index is 2.69. The molecule has 0 radical (unpaired) electrons. The van der Waals surface area contributed by atoms with Gasteiger partial charge in [0.15, 0.2) is 0 Å². The Kier molecular flexibility index (Phi) is 5.82. The number of nitrogens with zero attached hydrogens (tertiary/aromatic N) is 1. The fourth-order valence-electron chi connectivity index (χ4n) is 1.46. The van der Waals surface area contributed by atoms with Crippen LogP contribution in [0.1, 0.15) is 11.1 Å². The predicted molar refractivity (Wildman–Crippen MR) is 77.2 cm³/mol. The molecule has 0 aromatic heterocycles. The van der Waals surface area contributed by atoms with Gasteiger partial charge in [0.1, 0.15) is 5.84 Å². The first-order valence-corrected chi connectivity index (χ1v) is 7.12. The number of nitrogen functional groups attached to an aromatic ring is 1. The van der Waals surface area contributed by atoms with E-state index in [1.807, 2.05) is 23.9 Å². The average Bonchev–Trinajstić information content (AvgIpc) is 2.28. The van der Waals surface area contributed by atoms with E-state index in [9.17, 15) is 0 Å². The van der Waals surface area contributed by atoms with Crippen LogP contribution in [0.15, 0.2) is 18.2 Å². The van der Waals surface area contributed by atoms with E-state index in [0.29, 0.717) is 10.6 Å². The summed E-state index contributed by atoms with van der Waals surface area (Å²) in [6, 6.07) is 5.53. The quantitative estimate of drug-likeness (QED) is 0.617. The van der Waals surface area contributed by atoms with Gasteiger partial charge < -0.3 is 10.6 Å². The van der Waals surface area contributed by atoms with Crippen molar-refractivity contribution >= 4 is 29.2 Å². The van der Waals surface area contributed by atoms with Crippen LogP contribution in [0.4, 0.5) is 0 Å². The van der Waals surface area contributed by atoms with Crippen molar-refractivity contribution < 1.29 is 0 Å². The number of nitrogens with one attached hydrogen (secondary N) is 1. The second-order valence-electron chi connectivity index (χ2n) is 3.95. The molecule has 0 saturated heterocycles. The monoisotopic (exact) mass is 271 g/mol. The van der Waals surface area contributed by atoms with Gasteiger partial charge in [-0.2, -0.15) is 11.8 Å². The topological polar surface area (TPSA) is 53.1 Å². The van der Waals surface area contributed by atoms with Crippen molar-refractivity contribution in [3.05, 3.63) is 34.3 Å². The number of hydrogen-bond acceptors (Lipinski definition) is 3. The number of thioether (sulfide) groups is 1. The van der Waals surface area contributed by atoms with E-state index in [4.69, 9.17) is 22.7 Å². The van der Waals surface area contributed by atoms with Crippen LogP contribution >= 0.6 is 23.4 Å². The van der Waals surface area contributed by atoms with E-state index >= 15 is 0 Å². The molecule has 0 spiro atoms. The summed E-state index contributed by atoms with van der Waals surface area (Å²) < 4.78 is 0. The van der Waals surface area contributed by atoms with Gasteiger partial charge in [-0.3, -0.25) is 5.41 Å². The zero-order valence-electron chi connectivity index (χ0n) is 10.2. The lowest BCUT2D eigenvalue weighted by molar-refractivity contribution is 0.349. The lowest BCUT2D eigenvalue weighted by atomic mass is 10.1. The van der Waals surface area contributed by atoms with Crippen LogP contribution < -0.4 is 5.73 Å². The van der Waals surface area contributed by atoms with Crippen LogP contribution in [0, 0.1) is 5.41 Å². The summed E-state index contributed by atoms with van der Waals surface area (Å²) >= 11 is 8.00. The highest BCUT2D eigenvalue weighted by Crippen LogP contribution is 2.19. The molecule has 0 atom stereocenters. The molecule has 0 fully saturated rings. The van der Waals surface area contributed by atoms with Crippen LogP contribution in [0.25, 0.3) is 0 Å². The van der Waals surface area contributed by atoms with E-state index in [2.05, 4.69) is 18.2 Å². The van der Waals surface area contributed by atoms with Crippen LogP contribution in [0.5, 0.6) is 0 Å². The molecule has 0 bridgehead atoms. The largest absolute Gasteiger partial charge is 0.384 e. The zero-order valence-corrected chi connectivity index (χ0v) is 11.7. The summed E-state index contributed by atoms with van der Waals surface area (Å²) in [5.41, 5.74) is 7.15. The summed E-state index contributed by atoms with van der Waals surface area (Å²) in [7, 11) is 2.07. The predicted octanol–water partition coefficient (Wildman–Crippen LogP) is 2.42. The minimum absolute atomic E-state index is 0.0502. The third kappa shape index (κ3) is 4.58. The molecule has 0 heterocycles. The van der Waals surface area contributed by atoms with Crippen LogP contribution in [-0.4, -0.2) is 36.3 Å². The van der Waals surface area contributed by atoms with E-state index in [1.165, 1.54) is 0 Å². The molecule has 3 nitrogen and oxygen atoms in total. The maximum absolute atomic E-state index is 7.34. The Morgan fingerprint density at radius 2 is 2.24 bits per heavy atom. The average molecular weight is 272 g/mol. The van der Waals surface area contributed by atoms with Gasteiger partial charge in [-0.05, 0) is 24.9 Å². The van der Waals surface area contributed by atoms with Gasteiger partial charge in [-0.15, -0.1) is 0 Å². The van der Waals surface area contributed by atoms with Gasteiger partial charge in [0, 0.05) is 29.4 Å². The SMILES string of the molecule is CSCCN(C)Cc1ccc(C(=N)N)cc1Cl. The fraction of sp³-hybridized carbons (Fsp3) is 0.417. The Hall–Kier alpha value is -0.710. The van der Waals surface area contributed by atoms with Gasteiger partial charge >= 0.3 is 0 Å². The second-order valence-corrected chi connectivity index (χ2v) is 5.34. The highest BCUT2D eigenvalue weighted by Gasteiger charge is 2.06. The Morgan fingerprint density at radius 3 is 2.76 bits per heavy atom. The molecule has 1 rings (SSSR count). The molecule has 17 heavy (non-hydrogen) atoms. The molecular formula is C12H18ClN3S. The minimum atomic E-state index is 0.0502. The summed E-state index contributed by atoms with van der Waals surface area (Å²) in [6.07, 6.45) is 2.10. The first kappa shape index (κ1) is 14.4. The maximum atomic E-state index is 7.34. The van der Waals surface area contributed by atoms with Crippen molar-refractivity contribution in [2.75, 3.05) is 25.6 Å². The molecular weight excluding hydrogens is 254 g/mol. The lowest BCUT2D eigenvalue weighted by Gasteiger charge is -2.17. The molecule has 5 heteroatoms. The van der Waals surface area contributed by atoms with Gasteiger partial charge in [0.05, 0.1) is 0 Å². The normalized spacial score (nSPS) is 10.8. The minimum Gasteiger partial charge on any atom is -0.384 e. The van der Waals surface area contributed by atoms with E-state index in [0.717, 1.165) is 24.4 Å². The molecule has 0 aliphatic rings. The Bertz CT molecular complexity index is 395. The fourth-order valence-corrected chi connectivity index (χ4v) is 2.19. The first-order chi connectivity index (χ1) is 8.04. The third-order valence-corrected chi connectivity index (χ3v) is 3.42. The summed E-state index contributed by atoms with van der Waals surface area (Å²) in [4.78, 5) is 2.23. The van der Waals surface area contributed by atoms with Gasteiger partial charge in [0.25, 0.3) is 0 Å². The molecule has 0 unspecified atom stereocenters. The van der Waals surface area contributed by atoms with Crippen LogP contribution in [0.3, 0.4) is 0 Å². The molecule has 1 aromatic rings. The Labute approximate surface area is 112 Å². The highest BCUT2D eigenvalue weighted by molar-refractivity contribution is 7.98. The summed E-state index contributed by atoms with van der Waals surface area (Å²) in [5.74, 6) is 1.16. The van der Waals surface area contributed by atoms with Crippen molar-refractivity contribution in [2.24, 2.45) is 5.73 Å². The molecule has 94 valence electrons. The molecule has 1 aromatic carbocycles. The highest BCUT2D eigenvalue weighted by atomic mass is 35.5. The Morgan fingerprint density at radius 1 is 1.53 bits per heavy atom. The summed E-state index contributed by atoms with van der Waals surface area (Å²) in [6.45, 7) is 1.85. The number of hydrogen-bond donors (Lipinski definition) is 2. The van der Waals surface area contributed by atoms with Crippen molar-refractivity contribution in [1.29, 1.82) is 5.41 Å². The van der Waals surface area contributed by atoms with E-state index < -0.39 is 0 Å². The number of nitrogens with two attached hydrogens (primary N) is 1. The maximum Gasteiger partial charge on any atom is 0.122 e. The van der Waals surface area contributed by atoms with Gasteiger partial charge in [0.2, 0.25) is 0 Å². The van der Waals surface area contributed by atoms with Crippen LogP contribution in [0.2, 0.25) is 5.02 Å². The van der Waals surface area contributed by atoms with Crippen molar-refractivity contribution in [3.63, 3.8) is 0 Å². The van der Waals surface area contributed by atoms with Gasteiger partial charge in [-0.25, -0.2) is 0 Å². The van der Waals surface area contributed by atoms with Crippen LogP contribution in [-0.2, 0) is 6.54 Å². The second kappa shape index (κ2) is 6.89. The lowest BCUT2D eigenvalue weighted by Crippen LogP contribution is -2.21. The smallest absolute Gasteiger partial charge is 0.122 e. The molecule has 0 aliphatic heterocycles. The molecule has 0 aliphatic carbocycles. The molecule has 3 N–H and O–H groups in total. The number of rotatable bonds is 6. The molecule has 0 amide bonds. The van der Waals surface area contributed by atoms with E-state index in [-0.39, 0.29) is 5.84 Å². The summed E-state index contributed by atoms with van der Waals surface area (Å²) in [5, 5.41) is 8.02. The van der Waals surface area contributed by atoms with E-state index in [1.54, 1.807) is 6.07 Å². The van der Waals surface area contributed by atoms with Gasteiger partial charge in [-0.1, -0.05) is 23.7 Å². The van der Waals surface area contributed by atoms with Crippen molar-refractivity contribution in [1.82, 2.24) is 4.90 Å². The number of amidine groups is 1. The third-order valence-electron chi connectivity index (χ3n) is 2.48. The number of halogens is 1. The van der Waals surface area contributed by atoms with Crippen molar-refractivity contribution in [3.8, 4) is 0 Å². The first-order valence-electron chi connectivity index (χ1n) is 5.35.